The summed E-state index contributed by atoms with van der Waals surface area (Å²) in [6.07, 6.45) is 7.75. The van der Waals surface area contributed by atoms with Gasteiger partial charge in [0.1, 0.15) is 0 Å². The Bertz CT molecular complexity index is 608. The van der Waals surface area contributed by atoms with Crippen LogP contribution in [-0.4, -0.2) is 6.18 Å². The summed E-state index contributed by atoms with van der Waals surface area (Å²) in [4.78, 5) is 0. The first-order chi connectivity index (χ1) is 13.7. The number of hydrogen-bond donors (Lipinski definition) is 0. The molecule has 0 N–H and O–H groups in total. The van der Waals surface area contributed by atoms with E-state index in [1.807, 2.05) is 0 Å². The first kappa shape index (κ1) is 20.7. The zero-order valence-corrected chi connectivity index (χ0v) is 18.7. The van der Waals surface area contributed by atoms with Gasteiger partial charge in [-0.25, -0.2) is 0 Å². The third-order valence-electron chi connectivity index (χ3n) is 10.8. The van der Waals surface area contributed by atoms with Gasteiger partial charge in [0.2, 0.25) is 0 Å². The van der Waals surface area contributed by atoms with Crippen molar-refractivity contribution in [3.63, 3.8) is 0 Å². The highest BCUT2D eigenvalue weighted by atomic mass is 19.4. The second kappa shape index (κ2) is 7.16. The van der Waals surface area contributed by atoms with Crippen LogP contribution in [0.15, 0.2) is 0 Å². The second-order valence-corrected chi connectivity index (χ2v) is 12.1. The van der Waals surface area contributed by atoms with Gasteiger partial charge in [-0.15, -0.1) is 0 Å². The molecule has 0 amide bonds. The van der Waals surface area contributed by atoms with E-state index in [0.717, 1.165) is 67.1 Å². The molecule has 10 unspecified atom stereocenters. The summed E-state index contributed by atoms with van der Waals surface area (Å²) in [6.45, 7) is 7.27. The van der Waals surface area contributed by atoms with Crippen LogP contribution in [-0.2, 0) is 0 Å². The van der Waals surface area contributed by atoms with Crippen molar-refractivity contribution in [2.75, 3.05) is 0 Å². The fourth-order valence-corrected chi connectivity index (χ4v) is 9.51. The highest BCUT2D eigenvalue weighted by molar-refractivity contribution is 5.19. The molecule has 0 spiro atoms. The van der Waals surface area contributed by atoms with Crippen LogP contribution in [0.1, 0.15) is 91.4 Å². The fourth-order valence-electron chi connectivity index (χ4n) is 9.51. The van der Waals surface area contributed by atoms with Crippen molar-refractivity contribution >= 4 is 0 Å². The molecule has 0 nitrogen and oxygen atoms in total. The predicted molar refractivity (Wildman–Crippen MR) is 111 cm³/mol. The van der Waals surface area contributed by atoms with Gasteiger partial charge in [-0.05, 0) is 96.7 Å². The van der Waals surface area contributed by atoms with Gasteiger partial charge >= 0.3 is 6.18 Å². The minimum atomic E-state index is -4.00. The van der Waals surface area contributed by atoms with Gasteiger partial charge in [0.25, 0.3) is 0 Å². The van der Waals surface area contributed by atoms with E-state index >= 15 is 0 Å². The third-order valence-corrected chi connectivity index (χ3v) is 10.8. The summed E-state index contributed by atoms with van der Waals surface area (Å²) in [5.41, 5.74) is 0.492. The quantitative estimate of drug-likeness (QED) is 0.415. The Morgan fingerprint density at radius 3 is 2.31 bits per heavy atom. The van der Waals surface area contributed by atoms with Crippen LogP contribution in [0.4, 0.5) is 13.2 Å². The van der Waals surface area contributed by atoms with Crippen LogP contribution in [0, 0.1) is 64.6 Å². The Kier molecular flexibility index (Phi) is 5.10. The standard InChI is InChI=1S/C26H41F3/c1-4-5-18-17(14-26(27,28)29)9-10-20-19(18)12-13-25(3)21(11-8-16-6-7-16)22-15(2)23(22)24(20)25/h15-24H,4-14H2,1-3H3. The van der Waals surface area contributed by atoms with Gasteiger partial charge in [-0.2, -0.15) is 13.2 Å². The summed E-state index contributed by atoms with van der Waals surface area (Å²) in [6, 6.07) is 0. The molecule has 5 rings (SSSR count). The van der Waals surface area contributed by atoms with E-state index in [0.29, 0.717) is 17.3 Å². The molecule has 0 aliphatic heterocycles. The van der Waals surface area contributed by atoms with Gasteiger partial charge in [-0.3, -0.25) is 0 Å². The van der Waals surface area contributed by atoms with E-state index in [1.54, 1.807) is 0 Å². The van der Waals surface area contributed by atoms with E-state index in [9.17, 15) is 13.2 Å². The molecule has 0 bridgehead atoms. The SMILES string of the molecule is CCCC1C(CC(F)(F)F)CCC2C1CCC1(C)C(CCC3CC3)C3C(C)C3C21. The number of hydrogen-bond acceptors (Lipinski definition) is 0. The van der Waals surface area contributed by atoms with Crippen LogP contribution < -0.4 is 0 Å². The Hall–Kier alpha value is -0.210. The highest BCUT2D eigenvalue weighted by Crippen LogP contribution is 2.77. The molecule has 0 saturated heterocycles. The lowest BCUT2D eigenvalue weighted by Crippen LogP contribution is -2.49. The van der Waals surface area contributed by atoms with Crippen LogP contribution in [0.3, 0.4) is 0 Å². The molecular formula is C26H41F3. The van der Waals surface area contributed by atoms with Crippen molar-refractivity contribution < 1.29 is 13.2 Å². The summed E-state index contributed by atoms with van der Waals surface area (Å²) in [5.74, 6) is 6.98. The van der Waals surface area contributed by atoms with Crippen molar-refractivity contribution in [1.29, 1.82) is 0 Å². The monoisotopic (exact) mass is 410 g/mol. The maximum absolute atomic E-state index is 13.3. The minimum absolute atomic E-state index is 0.111. The van der Waals surface area contributed by atoms with E-state index in [2.05, 4.69) is 20.8 Å². The lowest BCUT2D eigenvalue weighted by molar-refractivity contribution is -0.162. The molecule has 5 aliphatic rings. The van der Waals surface area contributed by atoms with E-state index in [4.69, 9.17) is 0 Å². The molecule has 0 radical (unpaired) electrons. The topological polar surface area (TPSA) is 0 Å². The summed E-state index contributed by atoms with van der Waals surface area (Å²) < 4.78 is 39.8. The first-order valence-corrected chi connectivity index (χ1v) is 12.8. The van der Waals surface area contributed by atoms with Gasteiger partial charge < -0.3 is 0 Å². The zero-order chi connectivity index (χ0) is 20.6. The van der Waals surface area contributed by atoms with E-state index in [-0.39, 0.29) is 5.92 Å². The molecule has 166 valence electrons. The minimum Gasteiger partial charge on any atom is -0.171 e. The molecule has 10 atom stereocenters. The third kappa shape index (κ3) is 3.49. The van der Waals surface area contributed by atoms with Crippen molar-refractivity contribution in [2.24, 2.45) is 64.6 Å². The van der Waals surface area contributed by atoms with Crippen LogP contribution in [0.5, 0.6) is 0 Å². The van der Waals surface area contributed by atoms with Crippen molar-refractivity contribution in [3.05, 3.63) is 0 Å². The van der Waals surface area contributed by atoms with Gasteiger partial charge in [-0.1, -0.05) is 52.9 Å². The van der Waals surface area contributed by atoms with Crippen LogP contribution in [0.25, 0.3) is 0 Å². The molecule has 3 heteroatoms. The summed E-state index contributed by atoms with van der Waals surface area (Å²) in [7, 11) is 0. The average molecular weight is 411 g/mol. The van der Waals surface area contributed by atoms with Crippen molar-refractivity contribution in [3.8, 4) is 0 Å². The largest absolute Gasteiger partial charge is 0.389 e. The van der Waals surface area contributed by atoms with Gasteiger partial charge in [0.15, 0.2) is 0 Å². The molecule has 0 heterocycles. The highest BCUT2D eigenvalue weighted by Gasteiger charge is 2.72. The number of halogens is 3. The zero-order valence-electron chi connectivity index (χ0n) is 18.7. The Labute approximate surface area is 175 Å². The molecule has 0 aromatic carbocycles. The van der Waals surface area contributed by atoms with Crippen LogP contribution in [0.2, 0.25) is 0 Å². The molecule has 29 heavy (non-hydrogen) atoms. The van der Waals surface area contributed by atoms with Crippen LogP contribution >= 0.6 is 0 Å². The maximum Gasteiger partial charge on any atom is 0.389 e. The normalized spacial score (nSPS) is 51.3. The predicted octanol–water partition coefficient (Wildman–Crippen LogP) is 8.12. The number of alkyl halides is 3. The van der Waals surface area contributed by atoms with Gasteiger partial charge in [0.05, 0.1) is 0 Å². The van der Waals surface area contributed by atoms with Gasteiger partial charge in [0, 0.05) is 6.42 Å². The maximum atomic E-state index is 13.3. The second-order valence-electron chi connectivity index (χ2n) is 12.1. The number of fused-ring (bicyclic) bond motifs is 5. The van der Waals surface area contributed by atoms with E-state index < -0.39 is 12.6 Å². The first-order valence-electron chi connectivity index (χ1n) is 12.8. The number of rotatable bonds is 6. The summed E-state index contributed by atoms with van der Waals surface area (Å²) in [5, 5.41) is 0. The molecule has 0 aromatic heterocycles. The Morgan fingerprint density at radius 2 is 1.66 bits per heavy atom. The average Bonchev–Trinajstić information content (AvgIpc) is 3.54. The molecule has 0 aromatic rings. The van der Waals surface area contributed by atoms with Crippen molar-refractivity contribution in [1.82, 2.24) is 0 Å². The molecule has 5 fully saturated rings. The van der Waals surface area contributed by atoms with E-state index in [1.165, 1.54) is 38.5 Å². The molecule has 5 saturated carbocycles. The summed E-state index contributed by atoms with van der Waals surface area (Å²) >= 11 is 0. The smallest absolute Gasteiger partial charge is 0.171 e. The Balaban J connectivity index is 1.36. The fraction of sp³-hybridized carbons (Fsp3) is 1.00. The lowest BCUT2D eigenvalue weighted by Gasteiger charge is -2.56. The molecular weight excluding hydrogens is 369 g/mol. The molecule has 5 aliphatic carbocycles. The van der Waals surface area contributed by atoms with Crippen molar-refractivity contribution in [2.45, 2.75) is 97.6 Å². The lowest BCUT2D eigenvalue weighted by atomic mass is 9.48. The Morgan fingerprint density at radius 1 is 0.897 bits per heavy atom.